The molecule has 0 spiro atoms. The molecule has 0 unspecified atom stereocenters. The van der Waals surface area contributed by atoms with E-state index in [0.717, 1.165) is 11.1 Å². The van der Waals surface area contributed by atoms with Crippen molar-refractivity contribution in [2.45, 2.75) is 13.2 Å². The van der Waals surface area contributed by atoms with Crippen LogP contribution < -0.4 is 5.32 Å². The minimum atomic E-state index is -1.30. The van der Waals surface area contributed by atoms with Gasteiger partial charge >= 0.3 is 11.9 Å². The molecule has 6 nitrogen and oxygen atoms in total. The van der Waals surface area contributed by atoms with Gasteiger partial charge in [-0.15, -0.1) is 0 Å². The van der Waals surface area contributed by atoms with E-state index in [0.29, 0.717) is 6.54 Å². The minimum absolute atomic E-state index is 0.0441. The van der Waals surface area contributed by atoms with E-state index in [1.807, 2.05) is 0 Å². The summed E-state index contributed by atoms with van der Waals surface area (Å²) in [4.78, 5) is 22.4. The maximum atomic E-state index is 11.3. The van der Waals surface area contributed by atoms with E-state index in [-0.39, 0.29) is 23.4 Å². The Kier molecular flexibility index (Phi) is 4.75. The number of aromatic carboxylic acids is 2. The number of carbonyl (C=O) groups is 2. The summed E-state index contributed by atoms with van der Waals surface area (Å²) >= 11 is 0. The van der Waals surface area contributed by atoms with Gasteiger partial charge in [0.05, 0.1) is 17.7 Å². The van der Waals surface area contributed by atoms with Crippen LogP contribution in [0.5, 0.6) is 0 Å². The van der Waals surface area contributed by atoms with Crippen molar-refractivity contribution in [2.24, 2.45) is 0 Å². The van der Waals surface area contributed by atoms with Crippen molar-refractivity contribution in [1.82, 2.24) is 0 Å². The predicted octanol–water partition coefficient (Wildman–Crippen LogP) is 2.19. The van der Waals surface area contributed by atoms with E-state index in [4.69, 9.17) is 10.2 Å². The number of nitrogens with one attached hydrogen (secondary N) is 1. The molecular weight excluding hydrogens is 286 g/mol. The normalized spacial score (nSPS) is 10.2. The van der Waals surface area contributed by atoms with Crippen molar-refractivity contribution in [3.63, 3.8) is 0 Å². The molecule has 0 saturated heterocycles. The molecule has 0 aliphatic heterocycles. The third-order valence-corrected chi connectivity index (χ3v) is 3.20. The molecule has 114 valence electrons. The SMILES string of the molecule is O=C(O)c1cccc(NCc2ccc(CO)cc2)c1C(=O)O. The second-order valence-electron chi connectivity index (χ2n) is 4.67. The third kappa shape index (κ3) is 3.42. The molecule has 0 aliphatic carbocycles. The summed E-state index contributed by atoms with van der Waals surface area (Å²) in [5.74, 6) is -2.58. The van der Waals surface area contributed by atoms with Crippen LogP contribution in [0.1, 0.15) is 31.8 Å². The number of hydrogen-bond donors (Lipinski definition) is 4. The van der Waals surface area contributed by atoms with Crippen molar-refractivity contribution in [1.29, 1.82) is 0 Å². The van der Waals surface area contributed by atoms with Crippen molar-refractivity contribution >= 4 is 17.6 Å². The van der Waals surface area contributed by atoms with Crippen LogP contribution in [0, 0.1) is 0 Å². The first kappa shape index (κ1) is 15.5. The number of hydrogen-bond acceptors (Lipinski definition) is 4. The zero-order valence-electron chi connectivity index (χ0n) is 11.6. The number of benzene rings is 2. The zero-order chi connectivity index (χ0) is 16.1. The number of aliphatic hydroxyl groups is 1. The van der Waals surface area contributed by atoms with E-state index >= 15 is 0 Å². The highest BCUT2D eigenvalue weighted by molar-refractivity contribution is 6.05. The lowest BCUT2D eigenvalue weighted by atomic mass is 10.0. The summed E-state index contributed by atoms with van der Waals surface area (Å²) in [6.45, 7) is 0.298. The Morgan fingerprint density at radius 2 is 1.55 bits per heavy atom. The molecule has 0 bridgehead atoms. The smallest absolute Gasteiger partial charge is 0.338 e. The van der Waals surface area contributed by atoms with Gasteiger partial charge in [0.1, 0.15) is 0 Å². The van der Waals surface area contributed by atoms with E-state index < -0.39 is 11.9 Å². The summed E-state index contributed by atoms with van der Waals surface area (Å²) in [5, 5.41) is 30.2. The number of rotatable bonds is 6. The van der Waals surface area contributed by atoms with Gasteiger partial charge in [-0.2, -0.15) is 0 Å². The van der Waals surface area contributed by atoms with Crippen LogP contribution in [0.2, 0.25) is 0 Å². The van der Waals surface area contributed by atoms with Gasteiger partial charge in [0.2, 0.25) is 0 Å². The Labute approximate surface area is 126 Å². The highest BCUT2D eigenvalue weighted by Crippen LogP contribution is 2.21. The standard InChI is InChI=1S/C16H15NO5/c18-9-11-6-4-10(5-7-11)8-17-13-3-1-2-12(15(19)20)14(13)16(21)22/h1-7,17-18H,8-9H2,(H,19,20)(H,21,22). The van der Waals surface area contributed by atoms with Crippen LogP contribution >= 0.6 is 0 Å². The van der Waals surface area contributed by atoms with Gasteiger partial charge in [-0.25, -0.2) is 9.59 Å². The predicted molar refractivity (Wildman–Crippen MR) is 80.1 cm³/mol. The largest absolute Gasteiger partial charge is 0.478 e. The quantitative estimate of drug-likeness (QED) is 0.651. The van der Waals surface area contributed by atoms with Gasteiger partial charge in [-0.1, -0.05) is 30.3 Å². The van der Waals surface area contributed by atoms with Crippen LogP contribution in [-0.2, 0) is 13.2 Å². The molecule has 0 saturated carbocycles. The fourth-order valence-corrected chi connectivity index (χ4v) is 2.07. The molecule has 0 fully saturated rings. The zero-order valence-corrected chi connectivity index (χ0v) is 11.6. The van der Waals surface area contributed by atoms with E-state index in [1.54, 1.807) is 24.3 Å². The Hall–Kier alpha value is -2.86. The van der Waals surface area contributed by atoms with Crippen LogP contribution in [0.15, 0.2) is 42.5 Å². The molecule has 2 aromatic carbocycles. The lowest BCUT2D eigenvalue weighted by Gasteiger charge is -2.12. The minimum Gasteiger partial charge on any atom is -0.478 e. The first-order valence-corrected chi connectivity index (χ1v) is 6.55. The Morgan fingerprint density at radius 1 is 0.909 bits per heavy atom. The van der Waals surface area contributed by atoms with Gasteiger partial charge in [0.25, 0.3) is 0 Å². The van der Waals surface area contributed by atoms with Gasteiger partial charge in [0.15, 0.2) is 0 Å². The monoisotopic (exact) mass is 301 g/mol. The number of anilines is 1. The van der Waals surface area contributed by atoms with Crippen LogP contribution in [0.25, 0.3) is 0 Å². The van der Waals surface area contributed by atoms with Crippen molar-refractivity contribution < 1.29 is 24.9 Å². The molecule has 6 heteroatoms. The first-order valence-electron chi connectivity index (χ1n) is 6.55. The van der Waals surface area contributed by atoms with E-state index in [2.05, 4.69) is 5.32 Å². The van der Waals surface area contributed by atoms with Gasteiger partial charge in [0, 0.05) is 12.2 Å². The molecule has 0 amide bonds. The second kappa shape index (κ2) is 6.73. The number of carboxylic acid groups (broad SMARTS) is 2. The molecule has 0 atom stereocenters. The molecule has 2 rings (SSSR count). The second-order valence-corrected chi connectivity index (χ2v) is 4.67. The van der Waals surface area contributed by atoms with Crippen LogP contribution in [0.3, 0.4) is 0 Å². The fraction of sp³-hybridized carbons (Fsp3) is 0.125. The topological polar surface area (TPSA) is 107 Å². The molecule has 0 aliphatic rings. The van der Waals surface area contributed by atoms with Crippen LogP contribution in [0.4, 0.5) is 5.69 Å². The summed E-state index contributed by atoms with van der Waals surface area (Å²) < 4.78 is 0. The molecule has 22 heavy (non-hydrogen) atoms. The highest BCUT2D eigenvalue weighted by Gasteiger charge is 2.19. The Morgan fingerprint density at radius 3 is 2.09 bits per heavy atom. The first-order chi connectivity index (χ1) is 10.5. The van der Waals surface area contributed by atoms with Crippen molar-refractivity contribution in [3.8, 4) is 0 Å². The summed E-state index contributed by atoms with van der Waals surface area (Å²) in [6.07, 6.45) is 0. The number of aliphatic hydroxyl groups excluding tert-OH is 1. The average Bonchev–Trinajstić information content (AvgIpc) is 2.52. The summed E-state index contributed by atoms with van der Waals surface area (Å²) in [6, 6.07) is 11.4. The van der Waals surface area contributed by atoms with Gasteiger partial charge in [-0.05, 0) is 23.3 Å². The molecule has 0 radical (unpaired) electrons. The van der Waals surface area contributed by atoms with E-state index in [1.165, 1.54) is 18.2 Å². The van der Waals surface area contributed by atoms with Gasteiger partial charge < -0.3 is 20.6 Å². The summed E-state index contributed by atoms with van der Waals surface area (Å²) in [7, 11) is 0. The molecule has 0 heterocycles. The van der Waals surface area contributed by atoms with Crippen molar-refractivity contribution in [2.75, 3.05) is 5.32 Å². The third-order valence-electron chi connectivity index (χ3n) is 3.20. The van der Waals surface area contributed by atoms with Crippen molar-refractivity contribution in [3.05, 3.63) is 64.7 Å². The maximum absolute atomic E-state index is 11.3. The lowest BCUT2D eigenvalue weighted by Crippen LogP contribution is -2.12. The molecule has 0 aromatic heterocycles. The highest BCUT2D eigenvalue weighted by atomic mass is 16.4. The van der Waals surface area contributed by atoms with E-state index in [9.17, 15) is 14.7 Å². The van der Waals surface area contributed by atoms with Crippen LogP contribution in [-0.4, -0.2) is 27.3 Å². The Bertz CT molecular complexity index is 694. The number of carboxylic acids is 2. The van der Waals surface area contributed by atoms with Gasteiger partial charge in [-0.3, -0.25) is 0 Å². The summed E-state index contributed by atoms with van der Waals surface area (Å²) in [5.41, 5.74) is 1.39. The maximum Gasteiger partial charge on any atom is 0.338 e. The lowest BCUT2D eigenvalue weighted by molar-refractivity contribution is 0.0652. The molecule has 4 N–H and O–H groups in total. The molecule has 2 aromatic rings. The fourth-order valence-electron chi connectivity index (χ4n) is 2.07. The average molecular weight is 301 g/mol. The molecular formula is C16H15NO5. The Balaban J connectivity index is 2.23.